The zero-order valence-corrected chi connectivity index (χ0v) is 14.6. The molecule has 3 rings (SSSR count). The second-order valence-electron chi connectivity index (χ2n) is 5.96. The lowest BCUT2D eigenvalue weighted by molar-refractivity contribution is -0.115. The van der Waals surface area contributed by atoms with Gasteiger partial charge in [-0.2, -0.15) is 5.10 Å². The average Bonchev–Trinajstić information content (AvgIpc) is 2.96. The molecule has 0 aliphatic rings. The maximum absolute atomic E-state index is 12.5. The molecule has 0 fully saturated rings. The standard InChI is InChI=1S/C20H21N3O2/c1-14-8-10-17(11-9-14)23-19(12-15(2)22-23)21-20(24)13-16-6-4-5-7-18(16)25-3/h4-12H,13H2,1-3H3,(H,21,24). The Morgan fingerprint density at radius 1 is 1.12 bits per heavy atom. The summed E-state index contributed by atoms with van der Waals surface area (Å²) in [5, 5.41) is 7.43. The fourth-order valence-corrected chi connectivity index (χ4v) is 2.68. The number of hydrogen-bond donors (Lipinski definition) is 1. The first-order valence-corrected chi connectivity index (χ1v) is 8.12. The van der Waals surface area contributed by atoms with Crippen LogP contribution in [0.3, 0.4) is 0 Å². The van der Waals surface area contributed by atoms with Gasteiger partial charge in [-0.15, -0.1) is 0 Å². The molecule has 128 valence electrons. The van der Waals surface area contributed by atoms with Crippen LogP contribution in [0.4, 0.5) is 5.82 Å². The number of carbonyl (C=O) groups is 1. The van der Waals surface area contributed by atoms with Crippen LogP contribution in [0.25, 0.3) is 5.69 Å². The number of nitrogens with zero attached hydrogens (tertiary/aromatic N) is 2. The van der Waals surface area contributed by atoms with Crippen LogP contribution in [-0.2, 0) is 11.2 Å². The molecule has 5 nitrogen and oxygen atoms in total. The van der Waals surface area contributed by atoms with Gasteiger partial charge in [-0.1, -0.05) is 35.9 Å². The maximum atomic E-state index is 12.5. The predicted molar refractivity (Wildman–Crippen MR) is 98.4 cm³/mol. The van der Waals surface area contributed by atoms with Crippen molar-refractivity contribution in [3.8, 4) is 11.4 Å². The zero-order valence-electron chi connectivity index (χ0n) is 14.6. The highest BCUT2D eigenvalue weighted by Crippen LogP contribution is 2.20. The van der Waals surface area contributed by atoms with Gasteiger partial charge in [0.1, 0.15) is 11.6 Å². The molecule has 0 saturated carbocycles. The van der Waals surface area contributed by atoms with E-state index >= 15 is 0 Å². The number of anilines is 1. The van der Waals surface area contributed by atoms with Gasteiger partial charge < -0.3 is 10.1 Å². The van der Waals surface area contributed by atoms with Crippen LogP contribution in [0.5, 0.6) is 5.75 Å². The van der Waals surface area contributed by atoms with E-state index in [-0.39, 0.29) is 12.3 Å². The second-order valence-corrected chi connectivity index (χ2v) is 5.96. The Morgan fingerprint density at radius 3 is 2.56 bits per heavy atom. The van der Waals surface area contributed by atoms with E-state index in [1.165, 1.54) is 5.56 Å². The van der Waals surface area contributed by atoms with Gasteiger partial charge >= 0.3 is 0 Å². The van der Waals surface area contributed by atoms with Crippen molar-refractivity contribution in [1.29, 1.82) is 0 Å². The van der Waals surface area contributed by atoms with Gasteiger partial charge in [0.05, 0.1) is 24.9 Å². The number of aryl methyl sites for hydroxylation is 2. The van der Waals surface area contributed by atoms with Gasteiger partial charge in [-0.25, -0.2) is 4.68 Å². The Bertz CT molecular complexity index is 882. The number of aromatic nitrogens is 2. The van der Waals surface area contributed by atoms with E-state index in [9.17, 15) is 4.79 Å². The molecular weight excluding hydrogens is 314 g/mol. The zero-order chi connectivity index (χ0) is 17.8. The lowest BCUT2D eigenvalue weighted by Crippen LogP contribution is -2.17. The van der Waals surface area contributed by atoms with E-state index in [4.69, 9.17) is 4.74 Å². The van der Waals surface area contributed by atoms with Gasteiger partial charge in [0.25, 0.3) is 0 Å². The van der Waals surface area contributed by atoms with Crippen molar-refractivity contribution in [2.45, 2.75) is 20.3 Å². The minimum Gasteiger partial charge on any atom is -0.496 e. The quantitative estimate of drug-likeness (QED) is 0.774. The summed E-state index contributed by atoms with van der Waals surface area (Å²) >= 11 is 0. The summed E-state index contributed by atoms with van der Waals surface area (Å²) in [6.07, 6.45) is 0.238. The molecule has 1 N–H and O–H groups in total. The number of nitrogens with one attached hydrogen (secondary N) is 1. The van der Waals surface area contributed by atoms with E-state index in [1.54, 1.807) is 11.8 Å². The van der Waals surface area contributed by atoms with Gasteiger partial charge in [-0.3, -0.25) is 4.79 Å². The molecule has 1 heterocycles. The van der Waals surface area contributed by atoms with E-state index in [0.29, 0.717) is 11.6 Å². The van der Waals surface area contributed by atoms with Crippen molar-refractivity contribution in [2.24, 2.45) is 0 Å². The number of hydrogen-bond acceptors (Lipinski definition) is 3. The van der Waals surface area contributed by atoms with Crippen molar-refractivity contribution in [3.63, 3.8) is 0 Å². The fourth-order valence-electron chi connectivity index (χ4n) is 2.68. The number of rotatable bonds is 5. The maximum Gasteiger partial charge on any atom is 0.230 e. The average molecular weight is 335 g/mol. The Labute approximate surface area is 147 Å². The lowest BCUT2D eigenvalue weighted by Gasteiger charge is -2.11. The monoisotopic (exact) mass is 335 g/mol. The minimum atomic E-state index is -0.113. The number of ether oxygens (including phenoxy) is 1. The van der Waals surface area contributed by atoms with E-state index in [0.717, 1.165) is 16.9 Å². The molecule has 2 aromatic carbocycles. The summed E-state index contributed by atoms with van der Waals surface area (Å²) in [5.74, 6) is 1.25. The fraction of sp³-hybridized carbons (Fsp3) is 0.200. The van der Waals surface area contributed by atoms with Gasteiger partial charge in [0, 0.05) is 11.6 Å². The van der Waals surface area contributed by atoms with Crippen LogP contribution < -0.4 is 10.1 Å². The van der Waals surface area contributed by atoms with Crippen LogP contribution >= 0.6 is 0 Å². The molecule has 0 unspecified atom stereocenters. The molecule has 3 aromatic rings. The minimum absolute atomic E-state index is 0.113. The third kappa shape index (κ3) is 3.88. The van der Waals surface area contributed by atoms with Crippen LogP contribution in [0.2, 0.25) is 0 Å². The molecule has 0 bridgehead atoms. The normalized spacial score (nSPS) is 10.5. The molecule has 25 heavy (non-hydrogen) atoms. The highest BCUT2D eigenvalue weighted by Gasteiger charge is 2.13. The van der Waals surface area contributed by atoms with Gasteiger partial charge in [-0.05, 0) is 32.0 Å². The van der Waals surface area contributed by atoms with Crippen molar-refractivity contribution in [3.05, 3.63) is 71.4 Å². The Hall–Kier alpha value is -3.08. The molecule has 5 heteroatoms. The largest absolute Gasteiger partial charge is 0.496 e. The van der Waals surface area contributed by atoms with Gasteiger partial charge in [0.2, 0.25) is 5.91 Å². The summed E-state index contributed by atoms with van der Waals surface area (Å²) in [6, 6.07) is 17.4. The van der Waals surface area contributed by atoms with Crippen LogP contribution in [0.1, 0.15) is 16.8 Å². The SMILES string of the molecule is COc1ccccc1CC(=O)Nc1cc(C)nn1-c1ccc(C)cc1. The van der Waals surface area contributed by atoms with Crippen LogP contribution in [-0.4, -0.2) is 22.8 Å². The lowest BCUT2D eigenvalue weighted by atomic mass is 10.1. The van der Waals surface area contributed by atoms with E-state index < -0.39 is 0 Å². The molecular formula is C20H21N3O2. The predicted octanol–water partition coefficient (Wildman–Crippen LogP) is 3.68. The van der Waals surface area contributed by atoms with E-state index in [2.05, 4.69) is 10.4 Å². The molecule has 0 aliphatic heterocycles. The van der Waals surface area contributed by atoms with Crippen LogP contribution in [0, 0.1) is 13.8 Å². The van der Waals surface area contributed by atoms with Crippen molar-refractivity contribution in [1.82, 2.24) is 9.78 Å². The molecule has 1 amide bonds. The molecule has 0 radical (unpaired) electrons. The topological polar surface area (TPSA) is 56.1 Å². The number of para-hydroxylation sites is 1. The van der Waals surface area contributed by atoms with Crippen molar-refractivity contribution in [2.75, 3.05) is 12.4 Å². The first-order chi connectivity index (χ1) is 12.1. The molecule has 0 atom stereocenters. The first-order valence-electron chi connectivity index (χ1n) is 8.12. The first kappa shape index (κ1) is 16.8. The third-order valence-corrected chi connectivity index (χ3v) is 3.92. The summed E-state index contributed by atoms with van der Waals surface area (Å²) in [7, 11) is 1.60. The molecule has 0 saturated heterocycles. The van der Waals surface area contributed by atoms with E-state index in [1.807, 2.05) is 68.4 Å². The number of methoxy groups -OCH3 is 1. The number of benzene rings is 2. The highest BCUT2D eigenvalue weighted by atomic mass is 16.5. The molecule has 1 aromatic heterocycles. The van der Waals surface area contributed by atoms with Crippen molar-refractivity contribution >= 4 is 11.7 Å². The highest BCUT2D eigenvalue weighted by molar-refractivity contribution is 5.92. The van der Waals surface area contributed by atoms with Gasteiger partial charge in [0.15, 0.2) is 0 Å². The Balaban J connectivity index is 1.81. The summed E-state index contributed by atoms with van der Waals surface area (Å²) in [4.78, 5) is 12.5. The van der Waals surface area contributed by atoms with Crippen LogP contribution in [0.15, 0.2) is 54.6 Å². The summed E-state index contributed by atoms with van der Waals surface area (Å²) in [5.41, 5.74) is 3.77. The summed E-state index contributed by atoms with van der Waals surface area (Å²) in [6.45, 7) is 3.94. The molecule has 0 spiro atoms. The smallest absolute Gasteiger partial charge is 0.230 e. The number of amides is 1. The molecule has 0 aliphatic carbocycles. The third-order valence-electron chi connectivity index (χ3n) is 3.92. The Kier molecular flexibility index (Phi) is 4.84. The Morgan fingerprint density at radius 2 is 1.84 bits per heavy atom. The summed E-state index contributed by atoms with van der Waals surface area (Å²) < 4.78 is 7.05. The second kappa shape index (κ2) is 7.21. The number of carbonyl (C=O) groups excluding carboxylic acids is 1. The van der Waals surface area contributed by atoms with Crippen molar-refractivity contribution < 1.29 is 9.53 Å².